The highest BCUT2D eigenvalue weighted by atomic mass is 16.5. The van der Waals surface area contributed by atoms with Crippen LogP contribution in [0.5, 0.6) is 0 Å². The summed E-state index contributed by atoms with van der Waals surface area (Å²) in [5.41, 5.74) is 0. The van der Waals surface area contributed by atoms with Crippen molar-refractivity contribution < 1.29 is 23.9 Å². The number of unbranched alkanes of at least 4 members (excludes halogenated alkanes) is 27. The van der Waals surface area contributed by atoms with Crippen LogP contribution in [0.1, 0.15) is 317 Å². The molecule has 0 rings (SSSR count). The maximum absolute atomic E-state index is 13.9. The molecule has 0 spiro atoms. The lowest BCUT2D eigenvalue weighted by atomic mass is 9.97. The van der Waals surface area contributed by atoms with Crippen molar-refractivity contribution in [1.82, 2.24) is 9.80 Å². The predicted octanol–water partition coefficient (Wildman–Crippen LogP) is 17.8. The Balaban J connectivity index is 5.05. The summed E-state index contributed by atoms with van der Waals surface area (Å²) < 4.78 is 12.1. The van der Waals surface area contributed by atoms with E-state index >= 15 is 0 Å². The molecule has 2 atom stereocenters. The van der Waals surface area contributed by atoms with Crippen molar-refractivity contribution in [3.05, 3.63) is 0 Å². The van der Waals surface area contributed by atoms with E-state index in [-0.39, 0.29) is 24.1 Å². The number of hydrogen-bond donors (Lipinski definition) is 0. The Kier molecular flexibility index (Phi) is 48.6. The van der Waals surface area contributed by atoms with Crippen LogP contribution >= 0.6 is 0 Å². The van der Waals surface area contributed by atoms with Gasteiger partial charge in [-0.25, -0.2) is 0 Å². The monoisotopic (exact) mass is 933 g/mol. The number of esters is 2. The summed E-state index contributed by atoms with van der Waals surface area (Å²) in [4.78, 5) is 44.2. The third kappa shape index (κ3) is 42.5. The third-order valence-corrected chi connectivity index (χ3v) is 14.0. The highest BCUT2D eigenvalue weighted by Crippen LogP contribution is 2.23. The largest absolute Gasteiger partial charge is 0.462 e. The highest BCUT2D eigenvalue weighted by molar-refractivity contribution is 5.76. The summed E-state index contributed by atoms with van der Waals surface area (Å²) in [6.45, 7) is 13.1. The maximum Gasteiger partial charge on any atom is 0.306 e. The van der Waals surface area contributed by atoms with Gasteiger partial charge >= 0.3 is 11.9 Å². The smallest absolute Gasteiger partial charge is 0.306 e. The molecule has 1 amide bonds. The van der Waals surface area contributed by atoms with Gasteiger partial charge in [-0.05, 0) is 111 Å². The zero-order chi connectivity index (χ0) is 48.6. The van der Waals surface area contributed by atoms with E-state index in [1.54, 1.807) is 0 Å². The second-order valence-corrected chi connectivity index (χ2v) is 20.9. The number of carbonyl (C=O) groups is 3. The van der Waals surface area contributed by atoms with E-state index in [2.05, 4.69) is 58.5 Å². The van der Waals surface area contributed by atoms with E-state index < -0.39 is 0 Å². The second-order valence-electron chi connectivity index (χ2n) is 20.9. The maximum atomic E-state index is 13.9. The molecule has 0 fully saturated rings. The molecule has 0 heterocycles. The molecule has 392 valence electrons. The molecule has 0 saturated carbocycles. The van der Waals surface area contributed by atoms with E-state index in [4.69, 9.17) is 9.47 Å². The number of carbonyl (C=O) groups excluding carboxylic acids is 3. The van der Waals surface area contributed by atoms with Crippen LogP contribution in [0.2, 0.25) is 0 Å². The zero-order valence-corrected chi connectivity index (χ0v) is 45.7. The summed E-state index contributed by atoms with van der Waals surface area (Å²) in [7, 11) is 4.27. The first-order valence-corrected chi connectivity index (χ1v) is 29.5. The van der Waals surface area contributed by atoms with Crippen LogP contribution in [0.3, 0.4) is 0 Å². The van der Waals surface area contributed by atoms with Gasteiger partial charge in [-0.3, -0.25) is 14.4 Å². The average molecular weight is 934 g/mol. The van der Waals surface area contributed by atoms with Crippen LogP contribution in [0.25, 0.3) is 0 Å². The van der Waals surface area contributed by atoms with Crippen molar-refractivity contribution >= 4 is 17.8 Å². The first-order chi connectivity index (χ1) is 32.2. The molecule has 0 aromatic rings. The molecule has 0 N–H and O–H groups in total. The Morgan fingerprint density at radius 3 is 0.970 bits per heavy atom. The SMILES string of the molecule is CCCCCCCC(=O)N(CCCN(C)C)C(CCCCCCCCC(=O)OC(CCCCCC)CCCCCC)CCCCCCCCC(=O)OC(CCCCCC)CCCCCCC. The Morgan fingerprint density at radius 2 is 0.621 bits per heavy atom. The fraction of sp³-hybridized carbons (Fsp3) is 0.949. The van der Waals surface area contributed by atoms with Gasteiger partial charge in [0.15, 0.2) is 0 Å². The van der Waals surface area contributed by atoms with Crippen LogP contribution in [-0.4, -0.2) is 73.1 Å². The molecular formula is C59H116N2O5. The van der Waals surface area contributed by atoms with E-state index in [0.717, 1.165) is 122 Å². The summed E-state index contributed by atoms with van der Waals surface area (Å²) in [6, 6.07) is 0.318. The summed E-state index contributed by atoms with van der Waals surface area (Å²) >= 11 is 0. The standard InChI is InChI=1S/C59H116N2O5/c1-8-13-18-27-38-48-56(47-37-22-17-12-5)66-59(64)51-41-32-26-24-30-34-44-54(61(53-42-52-60(6)7)57(62)49-39-28-19-14-9-2)43-33-29-23-25-31-40-50-58(63)65-55(45-35-20-15-10-3)46-36-21-16-11-4/h54-56H,8-53H2,1-7H3. The lowest BCUT2D eigenvalue weighted by Gasteiger charge is -2.33. The summed E-state index contributed by atoms with van der Waals surface area (Å²) in [6.07, 6.45) is 49.6. The minimum atomic E-state index is 0.0125. The van der Waals surface area contributed by atoms with E-state index in [1.807, 2.05) is 0 Å². The predicted molar refractivity (Wildman–Crippen MR) is 285 cm³/mol. The van der Waals surface area contributed by atoms with E-state index in [9.17, 15) is 14.4 Å². The van der Waals surface area contributed by atoms with Gasteiger partial charge in [0.25, 0.3) is 0 Å². The van der Waals surface area contributed by atoms with Crippen LogP contribution < -0.4 is 0 Å². The van der Waals surface area contributed by atoms with Gasteiger partial charge in [0, 0.05) is 31.8 Å². The number of amides is 1. The quantitative estimate of drug-likeness (QED) is 0.0447. The first-order valence-electron chi connectivity index (χ1n) is 29.5. The molecule has 0 bridgehead atoms. The fourth-order valence-corrected chi connectivity index (χ4v) is 9.65. The van der Waals surface area contributed by atoms with Crippen molar-refractivity contribution in [3.8, 4) is 0 Å². The molecule has 7 nitrogen and oxygen atoms in total. The second kappa shape index (κ2) is 49.8. The number of ether oxygens (including phenoxy) is 2. The van der Waals surface area contributed by atoms with Gasteiger partial charge in [0.2, 0.25) is 5.91 Å². The molecule has 2 unspecified atom stereocenters. The van der Waals surface area contributed by atoms with Gasteiger partial charge in [0.1, 0.15) is 12.2 Å². The minimum Gasteiger partial charge on any atom is -0.462 e. The molecule has 0 aliphatic heterocycles. The molecule has 7 heteroatoms. The Hall–Kier alpha value is -1.63. The topological polar surface area (TPSA) is 76.2 Å². The zero-order valence-electron chi connectivity index (χ0n) is 45.7. The molecule has 0 radical (unpaired) electrons. The lowest BCUT2D eigenvalue weighted by molar-refractivity contribution is -0.151. The van der Waals surface area contributed by atoms with Gasteiger partial charge in [0.05, 0.1) is 0 Å². The molecule has 0 saturated heterocycles. The molecule has 0 aliphatic rings. The summed E-state index contributed by atoms with van der Waals surface area (Å²) in [5, 5.41) is 0. The Morgan fingerprint density at radius 1 is 0.333 bits per heavy atom. The van der Waals surface area contributed by atoms with Gasteiger partial charge in [-0.1, -0.05) is 208 Å². The number of hydrogen-bond acceptors (Lipinski definition) is 6. The van der Waals surface area contributed by atoms with Crippen molar-refractivity contribution in [2.75, 3.05) is 27.2 Å². The minimum absolute atomic E-state index is 0.0125. The number of rotatable bonds is 52. The molecular weight excluding hydrogens is 817 g/mol. The highest BCUT2D eigenvalue weighted by Gasteiger charge is 2.23. The van der Waals surface area contributed by atoms with Crippen LogP contribution in [0.4, 0.5) is 0 Å². The van der Waals surface area contributed by atoms with Gasteiger partial charge in [-0.2, -0.15) is 0 Å². The Bertz CT molecular complexity index is 1040. The Labute approximate surface area is 412 Å². The van der Waals surface area contributed by atoms with Gasteiger partial charge < -0.3 is 19.3 Å². The van der Waals surface area contributed by atoms with Crippen molar-refractivity contribution in [2.24, 2.45) is 0 Å². The van der Waals surface area contributed by atoms with Crippen LogP contribution in [0, 0.1) is 0 Å². The normalized spacial score (nSPS) is 12.6. The average Bonchev–Trinajstić information content (AvgIpc) is 3.30. The van der Waals surface area contributed by atoms with E-state index in [0.29, 0.717) is 31.2 Å². The fourth-order valence-electron chi connectivity index (χ4n) is 9.65. The first kappa shape index (κ1) is 64.4. The van der Waals surface area contributed by atoms with Crippen molar-refractivity contribution in [1.29, 1.82) is 0 Å². The van der Waals surface area contributed by atoms with E-state index in [1.165, 1.54) is 154 Å². The summed E-state index contributed by atoms with van der Waals surface area (Å²) in [5.74, 6) is 0.401. The molecule has 0 aromatic carbocycles. The lowest BCUT2D eigenvalue weighted by Crippen LogP contribution is -2.41. The number of nitrogens with zero attached hydrogens (tertiary/aromatic N) is 2. The molecule has 66 heavy (non-hydrogen) atoms. The van der Waals surface area contributed by atoms with Gasteiger partial charge in [-0.15, -0.1) is 0 Å². The van der Waals surface area contributed by atoms with Crippen LogP contribution in [-0.2, 0) is 23.9 Å². The van der Waals surface area contributed by atoms with Crippen LogP contribution in [0.15, 0.2) is 0 Å². The third-order valence-electron chi connectivity index (χ3n) is 14.0. The van der Waals surface area contributed by atoms with Crippen molar-refractivity contribution in [2.45, 2.75) is 335 Å². The van der Waals surface area contributed by atoms with Crippen molar-refractivity contribution in [3.63, 3.8) is 0 Å². The molecule has 0 aromatic heterocycles. The molecule has 0 aliphatic carbocycles.